The van der Waals surface area contributed by atoms with Gasteiger partial charge < -0.3 is 14.8 Å². The molecule has 0 aliphatic carbocycles. The van der Waals surface area contributed by atoms with E-state index in [1.165, 1.54) is 11.8 Å². The highest BCUT2D eigenvalue weighted by Crippen LogP contribution is 2.15. The molecule has 0 radical (unpaired) electrons. The molecule has 0 aliphatic heterocycles. The number of likely N-dealkylation sites (N-methyl/N-ethyl adjacent to an activating group) is 1. The highest BCUT2D eigenvalue weighted by Gasteiger charge is 2.16. The van der Waals surface area contributed by atoms with Crippen LogP contribution in [0.3, 0.4) is 0 Å². The topological polar surface area (TPSA) is 67.2 Å². The Bertz CT molecular complexity index is 640. The van der Waals surface area contributed by atoms with Crippen molar-refractivity contribution in [2.24, 2.45) is 7.05 Å². The second kappa shape index (κ2) is 8.73. The molecule has 2 aromatic heterocycles. The molecule has 0 aliphatic rings. The largest absolute Gasteiger partial charge is 0.350 e. The Morgan fingerprint density at radius 1 is 1.48 bits per heavy atom. The van der Waals surface area contributed by atoms with Crippen LogP contribution < -0.4 is 5.32 Å². The van der Waals surface area contributed by atoms with Crippen LogP contribution in [0.5, 0.6) is 0 Å². The van der Waals surface area contributed by atoms with E-state index in [1.54, 1.807) is 22.4 Å². The summed E-state index contributed by atoms with van der Waals surface area (Å²) in [4.78, 5) is 31.0. The summed E-state index contributed by atoms with van der Waals surface area (Å²) in [7, 11) is 1.88. The fourth-order valence-electron chi connectivity index (χ4n) is 1.91. The van der Waals surface area contributed by atoms with Crippen LogP contribution >= 0.6 is 23.1 Å². The molecule has 0 saturated heterocycles. The first-order chi connectivity index (χ1) is 11.1. The molecule has 23 heavy (non-hydrogen) atoms. The van der Waals surface area contributed by atoms with Gasteiger partial charge in [-0.25, -0.2) is 4.98 Å². The van der Waals surface area contributed by atoms with Gasteiger partial charge in [0, 0.05) is 30.9 Å². The van der Waals surface area contributed by atoms with Crippen LogP contribution in [-0.2, 0) is 23.2 Å². The molecule has 1 N–H and O–H groups in total. The zero-order valence-corrected chi connectivity index (χ0v) is 14.8. The highest BCUT2D eigenvalue weighted by atomic mass is 32.2. The molecule has 8 heteroatoms. The average Bonchev–Trinajstić information content (AvgIpc) is 3.19. The predicted octanol–water partition coefficient (Wildman–Crippen LogP) is 1.74. The molecule has 0 saturated carbocycles. The lowest BCUT2D eigenvalue weighted by Gasteiger charge is -2.20. The minimum Gasteiger partial charge on any atom is -0.350 e. The van der Waals surface area contributed by atoms with Gasteiger partial charge >= 0.3 is 0 Å². The van der Waals surface area contributed by atoms with Gasteiger partial charge in [-0.15, -0.1) is 11.3 Å². The molecule has 0 aromatic carbocycles. The lowest BCUT2D eigenvalue weighted by atomic mass is 10.4. The molecule has 0 fully saturated rings. The Morgan fingerprint density at radius 2 is 2.30 bits per heavy atom. The van der Waals surface area contributed by atoms with Crippen molar-refractivity contribution in [1.29, 1.82) is 0 Å². The number of thioether (sulfide) groups is 1. The molecule has 0 bridgehead atoms. The first-order valence-corrected chi connectivity index (χ1v) is 9.13. The van der Waals surface area contributed by atoms with Crippen LogP contribution in [0.1, 0.15) is 11.8 Å². The van der Waals surface area contributed by atoms with Crippen molar-refractivity contribution >= 4 is 34.9 Å². The number of aryl methyl sites for hydroxylation is 1. The zero-order chi connectivity index (χ0) is 16.7. The van der Waals surface area contributed by atoms with Gasteiger partial charge in [-0.3, -0.25) is 9.59 Å². The molecule has 0 spiro atoms. The Balaban J connectivity index is 1.77. The smallest absolute Gasteiger partial charge is 0.239 e. The third kappa shape index (κ3) is 5.40. The van der Waals surface area contributed by atoms with Crippen LogP contribution in [0.25, 0.3) is 0 Å². The molecule has 6 nitrogen and oxygen atoms in total. The Labute approximate surface area is 143 Å². The summed E-state index contributed by atoms with van der Waals surface area (Å²) in [5.74, 6) is 0.0686. The number of carbonyl (C=O) groups excluding carboxylic acids is 2. The summed E-state index contributed by atoms with van der Waals surface area (Å²) in [5.41, 5.74) is 0. The van der Waals surface area contributed by atoms with E-state index in [4.69, 9.17) is 0 Å². The van der Waals surface area contributed by atoms with E-state index in [-0.39, 0.29) is 24.1 Å². The van der Waals surface area contributed by atoms with Gasteiger partial charge in [-0.1, -0.05) is 17.8 Å². The lowest BCUT2D eigenvalue weighted by Crippen LogP contribution is -2.41. The Kier molecular flexibility index (Phi) is 6.66. The standard InChI is InChI=1S/C15H20N4O2S2/c1-3-19(10-13(20)17-9-12-5-4-8-22-12)14(21)11-23-15-16-6-7-18(15)2/h4-8H,3,9-11H2,1-2H3,(H,17,20). The van der Waals surface area contributed by atoms with E-state index in [0.717, 1.165) is 10.0 Å². The number of rotatable bonds is 8. The van der Waals surface area contributed by atoms with Gasteiger partial charge in [0.15, 0.2) is 5.16 Å². The maximum absolute atomic E-state index is 12.2. The van der Waals surface area contributed by atoms with E-state index in [1.807, 2.05) is 42.2 Å². The minimum absolute atomic E-state index is 0.0632. The van der Waals surface area contributed by atoms with Crippen LogP contribution in [0, 0.1) is 0 Å². The van der Waals surface area contributed by atoms with Gasteiger partial charge in [-0.05, 0) is 18.4 Å². The lowest BCUT2D eigenvalue weighted by molar-refractivity contribution is -0.133. The number of imidazole rings is 1. The van der Waals surface area contributed by atoms with E-state index >= 15 is 0 Å². The summed E-state index contributed by atoms with van der Waals surface area (Å²) in [6.45, 7) is 2.97. The Morgan fingerprint density at radius 3 is 2.91 bits per heavy atom. The number of hydrogen-bond donors (Lipinski definition) is 1. The number of aromatic nitrogens is 2. The summed E-state index contributed by atoms with van der Waals surface area (Å²) in [6, 6.07) is 3.92. The maximum atomic E-state index is 12.2. The predicted molar refractivity (Wildman–Crippen MR) is 92.4 cm³/mol. The van der Waals surface area contributed by atoms with Crippen molar-refractivity contribution in [3.05, 3.63) is 34.8 Å². The Hall–Kier alpha value is -1.80. The molecule has 2 rings (SSSR count). The minimum atomic E-state index is -0.143. The SMILES string of the molecule is CCN(CC(=O)NCc1cccs1)C(=O)CSc1nccn1C. The third-order valence-corrected chi connectivity index (χ3v) is 5.13. The first kappa shape index (κ1) is 17.6. The second-order valence-corrected chi connectivity index (χ2v) is 6.85. The molecule has 124 valence electrons. The number of thiophene rings is 1. The van der Waals surface area contributed by atoms with Gasteiger partial charge in [0.1, 0.15) is 0 Å². The first-order valence-electron chi connectivity index (χ1n) is 7.27. The van der Waals surface area contributed by atoms with Crippen LogP contribution in [0.15, 0.2) is 35.1 Å². The number of nitrogens with one attached hydrogen (secondary N) is 1. The van der Waals surface area contributed by atoms with Gasteiger partial charge in [0.25, 0.3) is 0 Å². The fourth-order valence-corrected chi connectivity index (χ4v) is 3.39. The van der Waals surface area contributed by atoms with Crippen LogP contribution in [0.2, 0.25) is 0 Å². The summed E-state index contributed by atoms with van der Waals surface area (Å²) in [5, 5.41) is 5.60. The summed E-state index contributed by atoms with van der Waals surface area (Å²) < 4.78 is 1.86. The number of carbonyl (C=O) groups is 2. The number of nitrogens with zero attached hydrogens (tertiary/aromatic N) is 3. The van der Waals surface area contributed by atoms with Crippen molar-refractivity contribution in [1.82, 2.24) is 19.8 Å². The summed E-state index contributed by atoms with van der Waals surface area (Å²) in [6.07, 6.45) is 3.53. The van der Waals surface area contributed by atoms with Gasteiger partial charge in [0.05, 0.1) is 18.8 Å². The molecule has 2 amide bonds. The zero-order valence-electron chi connectivity index (χ0n) is 13.2. The fraction of sp³-hybridized carbons (Fsp3) is 0.400. The molecule has 2 heterocycles. The maximum Gasteiger partial charge on any atom is 0.239 e. The molecule has 2 aromatic rings. The van der Waals surface area contributed by atoms with Crippen LogP contribution in [0.4, 0.5) is 0 Å². The van der Waals surface area contributed by atoms with Crippen molar-refractivity contribution < 1.29 is 9.59 Å². The molecule has 0 atom stereocenters. The van der Waals surface area contributed by atoms with Crippen molar-refractivity contribution in [2.75, 3.05) is 18.8 Å². The molecular weight excluding hydrogens is 332 g/mol. The van der Waals surface area contributed by atoms with Crippen molar-refractivity contribution in [3.63, 3.8) is 0 Å². The molecule has 0 unspecified atom stereocenters. The van der Waals surface area contributed by atoms with E-state index in [2.05, 4.69) is 10.3 Å². The van der Waals surface area contributed by atoms with E-state index in [0.29, 0.717) is 13.1 Å². The van der Waals surface area contributed by atoms with Gasteiger partial charge in [-0.2, -0.15) is 0 Å². The molecular formula is C15H20N4O2S2. The van der Waals surface area contributed by atoms with E-state index < -0.39 is 0 Å². The highest BCUT2D eigenvalue weighted by molar-refractivity contribution is 7.99. The van der Waals surface area contributed by atoms with Gasteiger partial charge in [0.2, 0.25) is 11.8 Å². The van der Waals surface area contributed by atoms with Crippen LogP contribution in [-0.4, -0.2) is 45.1 Å². The average molecular weight is 352 g/mol. The quantitative estimate of drug-likeness (QED) is 0.735. The normalized spacial score (nSPS) is 10.5. The van der Waals surface area contributed by atoms with Crippen molar-refractivity contribution in [2.45, 2.75) is 18.6 Å². The van der Waals surface area contributed by atoms with Crippen molar-refractivity contribution in [3.8, 4) is 0 Å². The second-order valence-electron chi connectivity index (χ2n) is 4.87. The summed E-state index contributed by atoms with van der Waals surface area (Å²) >= 11 is 2.97. The monoisotopic (exact) mass is 352 g/mol. The number of hydrogen-bond acceptors (Lipinski definition) is 5. The third-order valence-electron chi connectivity index (χ3n) is 3.21. The van der Waals surface area contributed by atoms with E-state index in [9.17, 15) is 9.59 Å². The number of amides is 2.